The van der Waals surface area contributed by atoms with Crippen LogP contribution in [0.25, 0.3) is 11.3 Å². The van der Waals surface area contributed by atoms with E-state index in [9.17, 15) is 0 Å². The van der Waals surface area contributed by atoms with Crippen LogP contribution >= 0.6 is 27.5 Å². The first-order valence-electron chi connectivity index (χ1n) is 4.06. The van der Waals surface area contributed by atoms with Crippen LogP contribution in [0.4, 0.5) is 0 Å². The highest BCUT2D eigenvalue weighted by atomic mass is 79.9. The van der Waals surface area contributed by atoms with Gasteiger partial charge in [-0.2, -0.15) is 0 Å². The van der Waals surface area contributed by atoms with E-state index in [-0.39, 0.29) is 0 Å². The summed E-state index contributed by atoms with van der Waals surface area (Å²) in [7, 11) is 0. The first-order valence-corrected chi connectivity index (χ1v) is 5.39. The van der Waals surface area contributed by atoms with Crippen LogP contribution in [-0.2, 0) is 5.88 Å². The summed E-state index contributed by atoms with van der Waals surface area (Å²) in [6.45, 7) is 0. The zero-order valence-corrected chi connectivity index (χ0v) is 9.55. The molecule has 1 heterocycles. The maximum absolute atomic E-state index is 5.59. The predicted octanol–water partition coefficient (Wildman–Crippen LogP) is 3.84. The van der Waals surface area contributed by atoms with Crippen LogP contribution in [0.1, 0.15) is 5.89 Å². The summed E-state index contributed by atoms with van der Waals surface area (Å²) in [5, 5.41) is 0. The van der Waals surface area contributed by atoms with Gasteiger partial charge in [0.2, 0.25) is 5.89 Å². The van der Waals surface area contributed by atoms with Crippen molar-refractivity contribution in [2.24, 2.45) is 0 Å². The highest BCUT2D eigenvalue weighted by Crippen LogP contribution is 2.23. The summed E-state index contributed by atoms with van der Waals surface area (Å²) < 4.78 is 6.42. The normalized spacial score (nSPS) is 10.4. The van der Waals surface area contributed by atoms with E-state index >= 15 is 0 Å². The molecule has 0 saturated carbocycles. The molecule has 2 rings (SSSR count). The molecule has 0 radical (unpaired) electrons. The SMILES string of the molecule is ClCc1ncc(-c2cccc(Br)c2)o1. The van der Waals surface area contributed by atoms with Crippen LogP contribution in [0.5, 0.6) is 0 Å². The molecule has 2 nitrogen and oxygen atoms in total. The second kappa shape index (κ2) is 4.15. The van der Waals surface area contributed by atoms with E-state index in [1.165, 1.54) is 0 Å². The molecule has 0 fully saturated rings. The monoisotopic (exact) mass is 271 g/mol. The van der Waals surface area contributed by atoms with Gasteiger partial charge in [0.05, 0.1) is 12.1 Å². The van der Waals surface area contributed by atoms with Crippen LogP contribution < -0.4 is 0 Å². The Morgan fingerprint density at radius 3 is 2.93 bits per heavy atom. The smallest absolute Gasteiger partial charge is 0.209 e. The second-order valence-electron chi connectivity index (χ2n) is 2.76. The summed E-state index contributed by atoms with van der Waals surface area (Å²) in [4.78, 5) is 4.03. The van der Waals surface area contributed by atoms with Crippen LogP contribution in [-0.4, -0.2) is 4.98 Å². The van der Waals surface area contributed by atoms with Crippen molar-refractivity contribution in [3.8, 4) is 11.3 Å². The predicted molar refractivity (Wildman–Crippen MR) is 59.2 cm³/mol. The van der Waals surface area contributed by atoms with Gasteiger partial charge < -0.3 is 4.42 Å². The molecule has 0 aliphatic heterocycles. The van der Waals surface area contributed by atoms with Gasteiger partial charge in [-0.05, 0) is 12.1 Å². The van der Waals surface area contributed by atoms with E-state index in [4.69, 9.17) is 16.0 Å². The summed E-state index contributed by atoms with van der Waals surface area (Å²) in [6.07, 6.45) is 1.68. The number of benzene rings is 1. The molecule has 4 heteroatoms. The average Bonchev–Trinajstić information content (AvgIpc) is 2.66. The molecule has 0 unspecified atom stereocenters. The van der Waals surface area contributed by atoms with Crippen molar-refractivity contribution in [1.82, 2.24) is 4.98 Å². The number of alkyl halides is 1. The number of halogens is 2. The third-order valence-electron chi connectivity index (χ3n) is 1.78. The second-order valence-corrected chi connectivity index (χ2v) is 3.95. The number of nitrogens with zero attached hydrogens (tertiary/aromatic N) is 1. The Balaban J connectivity index is 2.39. The molecular weight excluding hydrogens is 265 g/mol. The molecule has 0 N–H and O–H groups in total. The molecule has 0 aliphatic rings. The Labute approximate surface area is 95.0 Å². The fourth-order valence-electron chi connectivity index (χ4n) is 1.15. The first kappa shape index (κ1) is 9.74. The number of rotatable bonds is 2. The standard InChI is InChI=1S/C10H7BrClNO/c11-8-3-1-2-7(4-8)9-6-13-10(5-12)14-9/h1-4,6H,5H2. The zero-order valence-electron chi connectivity index (χ0n) is 7.21. The van der Waals surface area contributed by atoms with Gasteiger partial charge >= 0.3 is 0 Å². The molecule has 0 saturated heterocycles. The van der Waals surface area contributed by atoms with Gasteiger partial charge in [0, 0.05) is 10.0 Å². The summed E-state index contributed by atoms with van der Waals surface area (Å²) >= 11 is 8.99. The van der Waals surface area contributed by atoms with E-state index in [0.29, 0.717) is 11.8 Å². The molecule has 72 valence electrons. The van der Waals surface area contributed by atoms with Crippen molar-refractivity contribution in [3.63, 3.8) is 0 Å². The molecule has 0 aliphatic carbocycles. The van der Waals surface area contributed by atoms with Crippen molar-refractivity contribution in [2.45, 2.75) is 5.88 Å². The van der Waals surface area contributed by atoms with Crippen LogP contribution in [0.3, 0.4) is 0 Å². The highest BCUT2D eigenvalue weighted by molar-refractivity contribution is 9.10. The molecule has 0 spiro atoms. The first-order chi connectivity index (χ1) is 6.79. The maximum atomic E-state index is 5.59. The molecule has 2 aromatic rings. The summed E-state index contributed by atoms with van der Waals surface area (Å²) in [5.74, 6) is 1.58. The summed E-state index contributed by atoms with van der Waals surface area (Å²) in [6, 6.07) is 7.84. The number of hydrogen-bond donors (Lipinski definition) is 0. The van der Waals surface area contributed by atoms with Gasteiger partial charge in [0.1, 0.15) is 0 Å². The van der Waals surface area contributed by atoms with Crippen molar-refractivity contribution in [3.05, 3.63) is 40.8 Å². The van der Waals surface area contributed by atoms with Crippen LogP contribution in [0, 0.1) is 0 Å². The van der Waals surface area contributed by atoms with Crippen LogP contribution in [0.2, 0.25) is 0 Å². The lowest BCUT2D eigenvalue weighted by Gasteiger charge is -1.95. The van der Waals surface area contributed by atoms with E-state index in [2.05, 4.69) is 20.9 Å². The van der Waals surface area contributed by atoms with Gasteiger partial charge in [0.15, 0.2) is 5.76 Å². The third-order valence-corrected chi connectivity index (χ3v) is 2.50. The number of oxazole rings is 1. The molecule has 0 atom stereocenters. The lowest BCUT2D eigenvalue weighted by Crippen LogP contribution is -1.73. The van der Waals surface area contributed by atoms with Gasteiger partial charge in [-0.25, -0.2) is 4.98 Å². The van der Waals surface area contributed by atoms with E-state index in [1.54, 1.807) is 6.20 Å². The van der Waals surface area contributed by atoms with Crippen molar-refractivity contribution >= 4 is 27.5 Å². The lowest BCUT2D eigenvalue weighted by molar-refractivity contribution is 0.529. The van der Waals surface area contributed by atoms with Gasteiger partial charge in [0.25, 0.3) is 0 Å². The minimum absolute atomic E-state index is 0.300. The summed E-state index contributed by atoms with van der Waals surface area (Å²) in [5.41, 5.74) is 0.989. The number of aromatic nitrogens is 1. The number of hydrogen-bond acceptors (Lipinski definition) is 2. The Kier molecular flexibility index (Phi) is 2.89. The van der Waals surface area contributed by atoms with Gasteiger partial charge in [-0.1, -0.05) is 28.1 Å². The fourth-order valence-corrected chi connectivity index (χ4v) is 1.67. The maximum Gasteiger partial charge on any atom is 0.209 e. The Morgan fingerprint density at radius 2 is 2.29 bits per heavy atom. The Bertz CT molecular complexity index is 441. The Hall–Kier alpha value is -0.800. The van der Waals surface area contributed by atoms with Crippen LogP contribution in [0.15, 0.2) is 39.4 Å². The largest absolute Gasteiger partial charge is 0.439 e. The molecule has 14 heavy (non-hydrogen) atoms. The topological polar surface area (TPSA) is 26.0 Å². The highest BCUT2D eigenvalue weighted by Gasteiger charge is 2.05. The molecule has 1 aromatic heterocycles. The van der Waals surface area contributed by atoms with E-state index < -0.39 is 0 Å². The van der Waals surface area contributed by atoms with Gasteiger partial charge in [-0.3, -0.25) is 0 Å². The third kappa shape index (κ3) is 1.99. The van der Waals surface area contributed by atoms with Gasteiger partial charge in [-0.15, -0.1) is 11.6 Å². The minimum Gasteiger partial charge on any atom is -0.439 e. The zero-order chi connectivity index (χ0) is 9.97. The Morgan fingerprint density at radius 1 is 1.43 bits per heavy atom. The average molecular weight is 273 g/mol. The minimum atomic E-state index is 0.300. The molecule has 0 bridgehead atoms. The van der Waals surface area contributed by atoms with Crippen molar-refractivity contribution in [1.29, 1.82) is 0 Å². The quantitative estimate of drug-likeness (QED) is 0.776. The molecular formula is C10H7BrClNO. The fraction of sp³-hybridized carbons (Fsp3) is 0.100. The molecule has 1 aromatic carbocycles. The molecule has 0 amide bonds. The van der Waals surface area contributed by atoms with Crippen molar-refractivity contribution in [2.75, 3.05) is 0 Å². The van der Waals surface area contributed by atoms with E-state index in [1.807, 2.05) is 24.3 Å². The lowest BCUT2D eigenvalue weighted by atomic mass is 10.2. The van der Waals surface area contributed by atoms with Crippen molar-refractivity contribution < 1.29 is 4.42 Å². The van der Waals surface area contributed by atoms with E-state index in [0.717, 1.165) is 15.8 Å².